The monoisotopic (exact) mass is 287 g/mol. The second-order valence-electron chi connectivity index (χ2n) is 4.86. The number of halogens is 1. The standard InChI is InChI=1S/C16H14FNOS/c17-13-5-2-6-14(15(13)16(18)20)19-12-8-7-10-3-1-4-11(10)9-12/h2,5-9H,1,3-4H2,(H2,18,20). The molecule has 20 heavy (non-hydrogen) atoms. The van der Waals surface area contributed by atoms with Crippen LogP contribution in [-0.2, 0) is 12.8 Å². The molecule has 0 saturated heterocycles. The van der Waals surface area contributed by atoms with E-state index in [2.05, 4.69) is 6.07 Å². The maximum absolute atomic E-state index is 13.8. The van der Waals surface area contributed by atoms with Gasteiger partial charge in [-0.3, -0.25) is 0 Å². The minimum absolute atomic E-state index is 0.000685. The van der Waals surface area contributed by atoms with E-state index in [-0.39, 0.29) is 10.6 Å². The Balaban J connectivity index is 1.95. The largest absolute Gasteiger partial charge is 0.457 e. The molecule has 3 rings (SSSR count). The Kier molecular flexibility index (Phi) is 3.40. The molecule has 102 valence electrons. The molecule has 1 aliphatic carbocycles. The predicted molar refractivity (Wildman–Crippen MR) is 80.8 cm³/mol. The van der Waals surface area contributed by atoms with E-state index in [0.717, 1.165) is 12.8 Å². The van der Waals surface area contributed by atoms with Crippen molar-refractivity contribution >= 4 is 17.2 Å². The van der Waals surface area contributed by atoms with Crippen LogP contribution in [-0.4, -0.2) is 4.99 Å². The van der Waals surface area contributed by atoms with Crippen LogP contribution in [0.2, 0.25) is 0 Å². The molecule has 0 unspecified atom stereocenters. The molecule has 0 radical (unpaired) electrons. The second kappa shape index (κ2) is 5.21. The van der Waals surface area contributed by atoms with Gasteiger partial charge in [-0.1, -0.05) is 24.4 Å². The van der Waals surface area contributed by atoms with Crippen LogP contribution in [0.1, 0.15) is 23.1 Å². The highest BCUT2D eigenvalue weighted by Gasteiger charge is 2.15. The average Bonchev–Trinajstić information content (AvgIpc) is 2.85. The molecule has 0 fully saturated rings. The third-order valence-electron chi connectivity index (χ3n) is 3.52. The zero-order chi connectivity index (χ0) is 14.1. The zero-order valence-corrected chi connectivity index (χ0v) is 11.7. The van der Waals surface area contributed by atoms with Gasteiger partial charge >= 0.3 is 0 Å². The fourth-order valence-electron chi connectivity index (χ4n) is 2.57. The quantitative estimate of drug-likeness (QED) is 0.873. The van der Waals surface area contributed by atoms with Crippen LogP contribution in [0.15, 0.2) is 36.4 Å². The summed E-state index contributed by atoms with van der Waals surface area (Å²) in [5, 5.41) is 0. The number of rotatable bonds is 3. The summed E-state index contributed by atoms with van der Waals surface area (Å²) >= 11 is 4.89. The molecule has 0 aliphatic heterocycles. The lowest BCUT2D eigenvalue weighted by Gasteiger charge is -2.12. The lowest BCUT2D eigenvalue weighted by molar-refractivity contribution is 0.475. The van der Waals surface area contributed by atoms with Crippen molar-refractivity contribution in [3.05, 3.63) is 58.9 Å². The number of hydrogen-bond donors (Lipinski definition) is 1. The number of hydrogen-bond acceptors (Lipinski definition) is 2. The van der Waals surface area contributed by atoms with Gasteiger partial charge in [0.1, 0.15) is 22.3 Å². The fourth-order valence-corrected chi connectivity index (χ4v) is 2.77. The van der Waals surface area contributed by atoms with Crippen molar-refractivity contribution in [2.75, 3.05) is 0 Å². The van der Waals surface area contributed by atoms with E-state index < -0.39 is 5.82 Å². The minimum atomic E-state index is -0.462. The molecule has 4 heteroatoms. The lowest BCUT2D eigenvalue weighted by atomic mass is 10.1. The number of ether oxygens (including phenoxy) is 1. The van der Waals surface area contributed by atoms with Gasteiger partial charge in [-0.05, 0) is 54.7 Å². The highest BCUT2D eigenvalue weighted by atomic mass is 32.1. The molecular weight excluding hydrogens is 273 g/mol. The van der Waals surface area contributed by atoms with Crippen LogP contribution in [0, 0.1) is 5.82 Å². The molecule has 0 spiro atoms. The predicted octanol–water partition coefficient (Wildman–Crippen LogP) is 3.74. The van der Waals surface area contributed by atoms with E-state index in [1.807, 2.05) is 12.1 Å². The topological polar surface area (TPSA) is 35.2 Å². The fraction of sp³-hybridized carbons (Fsp3) is 0.188. The zero-order valence-electron chi connectivity index (χ0n) is 10.9. The normalized spacial score (nSPS) is 13.1. The van der Waals surface area contributed by atoms with Gasteiger partial charge < -0.3 is 10.5 Å². The van der Waals surface area contributed by atoms with Crippen LogP contribution in [0.25, 0.3) is 0 Å². The van der Waals surface area contributed by atoms with Gasteiger partial charge in [-0.15, -0.1) is 0 Å². The summed E-state index contributed by atoms with van der Waals surface area (Å²) in [5.41, 5.74) is 8.39. The van der Waals surface area contributed by atoms with Crippen molar-refractivity contribution in [3.63, 3.8) is 0 Å². The highest BCUT2D eigenvalue weighted by molar-refractivity contribution is 7.80. The Morgan fingerprint density at radius 3 is 2.75 bits per heavy atom. The Hall–Kier alpha value is -1.94. The Morgan fingerprint density at radius 2 is 1.95 bits per heavy atom. The molecule has 0 saturated carbocycles. The molecule has 0 amide bonds. The van der Waals surface area contributed by atoms with E-state index in [9.17, 15) is 4.39 Å². The van der Waals surface area contributed by atoms with Crippen molar-refractivity contribution < 1.29 is 9.13 Å². The third-order valence-corrected chi connectivity index (χ3v) is 3.72. The summed E-state index contributed by atoms with van der Waals surface area (Å²) in [7, 11) is 0. The molecule has 0 aromatic heterocycles. The minimum Gasteiger partial charge on any atom is -0.457 e. The summed E-state index contributed by atoms with van der Waals surface area (Å²) in [6.07, 6.45) is 3.36. The van der Waals surface area contributed by atoms with Crippen molar-refractivity contribution in [3.8, 4) is 11.5 Å². The maximum atomic E-state index is 13.8. The van der Waals surface area contributed by atoms with E-state index in [1.54, 1.807) is 12.1 Å². The molecule has 0 heterocycles. The van der Waals surface area contributed by atoms with E-state index in [1.165, 1.54) is 23.6 Å². The number of fused-ring (bicyclic) bond motifs is 1. The van der Waals surface area contributed by atoms with Crippen LogP contribution >= 0.6 is 12.2 Å². The molecular formula is C16H14FNOS. The molecule has 1 aliphatic rings. The molecule has 2 nitrogen and oxygen atoms in total. The smallest absolute Gasteiger partial charge is 0.140 e. The van der Waals surface area contributed by atoms with Crippen LogP contribution < -0.4 is 10.5 Å². The van der Waals surface area contributed by atoms with Crippen LogP contribution in [0.3, 0.4) is 0 Å². The van der Waals surface area contributed by atoms with Crippen molar-refractivity contribution in [2.45, 2.75) is 19.3 Å². The number of nitrogens with two attached hydrogens (primary N) is 1. The molecule has 2 aromatic rings. The van der Waals surface area contributed by atoms with E-state index >= 15 is 0 Å². The summed E-state index contributed by atoms with van der Waals surface area (Å²) in [5.74, 6) is 0.584. The Bertz CT molecular complexity index is 684. The summed E-state index contributed by atoms with van der Waals surface area (Å²) in [4.78, 5) is -0.000685. The summed E-state index contributed by atoms with van der Waals surface area (Å²) < 4.78 is 19.5. The lowest BCUT2D eigenvalue weighted by Crippen LogP contribution is -2.13. The molecule has 2 N–H and O–H groups in total. The van der Waals surface area contributed by atoms with E-state index in [0.29, 0.717) is 11.5 Å². The first-order valence-electron chi connectivity index (χ1n) is 6.53. The first kappa shape index (κ1) is 13.1. The average molecular weight is 287 g/mol. The summed E-state index contributed by atoms with van der Waals surface area (Å²) in [6.45, 7) is 0. The number of benzene rings is 2. The van der Waals surface area contributed by atoms with Crippen molar-refractivity contribution in [1.82, 2.24) is 0 Å². The van der Waals surface area contributed by atoms with Gasteiger partial charge in [0.15, 0.2) is 0 Å². The second-order valence-corrected chi connectivity index (χ2v) is 5.30. The van der Waals surface area contributed by atoms with Gasteiger partial charge in [-0.25, -0.2) is 4.39 Å². The highest BCUT2D eigenvalue weighted by Crippen LogP contribution is 2.31. The van der Waals surface area contributed by atoms with Gasteiger partial charge in [0.2, 0.25) is 0 Å². The van der Waals surface area contributed by atoms with Crippen LogP contribution in [0.5, 0.6) is 11.5 Å². The van der Waals surface area contributed by atoms with Gasteiger partial charge in [0, 0.05) is 0 Å². The van der Waals surface area contributed by atoms with Crippen molar-refractivity contribution in [1.29, 1.82) is 0 Å². The first-order chi connectivity index (χ1) is 9.65. The number of thiocarbonyl (C=S) groups is 1. The van der Waals surface area contributed by atoms with Gasteiger partial charge in [0.05, 0.1) is 5.56 Å². The summed E-state index contributed by atoms with van der Waals surface area (Å²) in [6, 6.07) is 10.6. The maximum Gasteiger partial charge on any atom is 0.140 e. The van der Waals surface area contributed by atoms with Crippen LogP contribution in [0.4, 0.5) is 4.39 Å². The third kappa shape index (κ3) is 2.39. The SMILES string of the molecule is NC(=S)c1c(F)cccc1Oc1ccc2c(c1)CCC2. The molecule has 0 atom stereocenters. The Labute approximate surface area is 122 Å². The van der Waals surface area contributed by atoms with Gasteiger partial charge in [0.25, 0.3) is 0 Å². The van der Waals surface area contributed by atoms with E-state index in [4.69, 9.17) is 22.7 Å². The molecule has 0 bridgehead atoms. The number of aryl methyl sites for hydroxylation is 2. The first-order valence-corrected chi connectivity index (χ1v) is 6.94. The Morgan fingerprint density at radius 1 is 1.15 bits per heavy atom. The molecule has 2 aromatic carbocycles. The van der Waals surface area contributed by atoms with Crippen molar-refractivity contribution in [2.24, 2.45) is 5.73 Å². The van der Waals surface area contributed by atoms with Gasteiger partial charge in [-0.2, -0.15) is 0 Å².